The van der Waals surface area contributed by atoms with E-state index in [-0.39, 0.29) is 17.9 Å². The lowest BCUT2D eigenvalue weighted by Crippen LogP contribution is -2.28. The van der Waals surface area contributed by atoms with Gasteiger partial charge >= 0.3 is 0 Å². The van der Waals surface area contributed by atoms with Gasteiger partial charge in [0, 0.05) is 17.6 Å². The van der Waals surface area contributed by atoms with E-state index in [1.807, 2.05) is 37.3 Å². The summed E-state index contributed by atoms with van der Waals surface area (Å²) >= 11 is 0. The minimum Gasteiger partial charge on any atom is -0.508 e. The third-order valence-electron chi connectivity index (χ3n) is 3.73. The van der Waals surface area contributed by atoms with Crippen LogP contribution in [0.25, 0.3) is 0 Å². The van der Waals surface area contributed by atoms with Crippen LogP contribution in [0.2, 0.25) is 0 Å². The highest BCUT2D eigenvalue weighted by Crippen LogP contribution is 2.29. The zero-order valence-electron chi connectivity index (χ0n) is 12.7. The highest BCUT2D eigenvalue weighted by molar-refractivity contribution is 5.34. The van der Waals surface area contributed by atoms with Crippen molar-refractivity contribution in [3.05, 3.63) is 65.5 Å². The Bertz CT molecular complexity index is 580. The quantitative estimate of drug-likeness (QED) is 0.843. The zero-order valence-corrected chi connectivity index (χ0v) is 12.7. The van der Waals surface area contributed by atoms with Gasteiger partial charge in [0.05, 0.1) is 0 Å². The van der Waals surface area contributed by atoms with Crippen molar-refractivity contribution < 1.29 is 9.50 Å². The van der Waals surface area contributed by atoms with Gasteiger partial charge < -0.3 is 10.4 Å². The second-order valence-corrected chi connectivity index (χ2v) is 5.72. The van der Waals surface area contributed by atoms with Crippen LogP contribution < -0.4 is 5.32 Å². The van der Waals surface area contributed by atoms with Crippen LogP contribution in [-0.2, 0) is 0 Å². The van der Waals surface area contributed by atoms with E-state index in [0.717, 1.165) is 11.1 Å². The van der Waals surface area contributed by atoms with Crippen LogP contribution in [-0.4, -0.2) is 5.11 Å². The average Bonchev–Trinajstić information content (AvgIpc) is 2.46. The number of halogens is 1. The smallest absolute Gasteiger partial charge is 0.123 e. The first-order valence-corrected chi connectivity index (χ1v) is 7.28. The molecule has 0 heterocycles. The molecule has 0 radical (unpaired) electrons. The lowest BCUT2D eigenvalue weighted by atomic mass is 9.94. The summed E-state index contributed by atoms with van der Waals surface area (Å²) in [4.78, 5) is 0. The van der Waals surface area contributed by atoms with E-state index in [0.29, 0.717) is 11.7 Å². The van der Waals surface area contributed by atoms with Crippen LogP contribution in [0.5, 0.6) is 5.75 Å². The summed E-state index contributed by atoms with van der Waals surface area (Å²) in [6, 6.07) is 14.0. The molecule has 2 nitrogen and oxygen atoms in total. The first-order valence-electron chi connectivity index (χ1n) is 7.28. The van der Waals surface area contributed by atoms with E-state index >= 15 is 0 Å². The van der Waals surface area contributed by atoms with Crippen LogP contribution >= 0.6 is 0 Å². The summed E-state index contributed by atoms with van der Waals surface area (Å²) in [6.07, 6.45) is 0. The van der Waals surface area contributed by atoms with Crippen LogP contribution in [0.4, 0.5) is 4.39 Å². The number of nitrogens with one attached hydrogen (secondary N) is 1. The van der Waals surface area contributed by atoms with Gasteiger partial charge in [0.15, 0.2) is 0 Å². The van der Waals surface area contributed by atoms with Gasteiger partial charge in [-0.2, -0.15) is 0 Å². The predicted octanol–water partition coefficient (Wildman–Crippen LogP) is 4.58. The molecule has 0 aliphatic carbocycles. The molecule has 0 bridgehead atoms. The Labute approximate surface area is 125 Å². The molecule has 0 saturated carbocycles. The second kappa shape index (κ2) is 6.72. The van der Waals surface area contributed by atoms with Crippen LogP contribution in [0.3, 0.4) is 0 Å². The average molecular weight is 287 g/mol. The largest absolute Gasteiger partial charge is 0.508 e. The summed E-state index contributed by atoms with van der Waals surface area (Å²) in [5.41, 5.74) is 1.92. The maximum absolute atomic E-state index is 13.1. The molecule has 112 valence electrons. The third kappa shape index (κ3) is 3.82. The maximum atomic E-state index is 13.1. The Kier molecular flexibility index (Phi) is 4.97. The van der Waals surface area contributed by atoms with E-state index < -0.39 is 0 Å². The van der Waals surface area contributed by atoms with Crippen LogP contribution in [0, 0.1) is 11.7 Å². The molecule has 0 aromatic heterocycles. The Hall–Kier alpha value is -1.87. The fraction of sp³-hybridized carbons (Fsp3) is 0.333. The van der Waals surface area contributed by atoms with Crippen LogP contribution in [0.1, 0.15) is 44.0 Å². The van der Waals surface area contributed by atoms with E-state index in [4.69, 9.17) is 0 Å². The van der Waals surface area contributed by atoms with Crippen molar-refractivity contribution >= 4 is 0 Å². The van der Waals surface area contributed by atoms with Crippen molar-refractivity contribution in [2.45, 2.75) is 32.9 Å². The van der Waals surface area contributed by atoms with Gasteiger partial charge in [0.2, 0.25) is 0 Å². The monoisotopic (exact) mass is 287 g/mol. The summed E-state index contributed by atoms with van der Waals surface area (Å²) in [6.45, 7) is 6.27. The van der Waals surface area contributed by atoms with E-state index in [1.165, 1.54) is 12.1 Å². The number of hydrogen-bond acceptors (Lipinski definition) is 2. The van der Waals surface area contributed by atoms with Crippen molar-refractivity contribution in [1.29, 1.82) is 0 Å². The van der Waals surface area contributed by atoms with Gasteiger partial charge in [0.1, 0.15) is 11.6 Å². The number of phenols is 1. The minimum absolute atomic E-state index is 0.00338. The first-order chi connectivity index (χ1) is 9.99. The number of rotatable bonds is 5. The van der Waals surface area contributed by atoms with Crippen molar-refractivity contribution in [1.82, 2.24) is 5.32 Å². The highest BCUT2D eigenvalue weighted by Gasteiger charge is 2.20. The van der Waals surface area contributed by atoms with Gasteiger partial charge in [-0.1, -0.05) is 44.2 Å². The molecular weight excluding hydrogens is 265 g/mol. The van der Waals surface area contributed by atoms with Gasteiger partial charge in [-0.25, -0.2) is 4.39 Å². The normalized spacial score (nSPS) is 14.1. The molecule has 2 unspecified atom stereocenters. The molecule has 0 amide bonds. The zero-order chi connectivity index (χ0) is 15.4. The second-order valence-electron chi connectivity index (χ2n) is 5.72. The Morgan fingerprint density at radius 3 is 2.14 bits per heavy atom. The first kappa shape index (κ1) is 15.5. The van der Waals surface area contributed by atoms with Gasteiger partial charge in [0.25, 0.3) is 0 Å². The number of para-hydroxylation sites is 1. The molecule has 0 aliphatic heterocycles. The van der Waals surface area contributed by atoms with E-state index in [2.05, 4.69) is 19.2 Å². The Morgan fingerprint density at radius 2 is 1.57 bits per heavy atom. The molecule has 0 aliphatic rings. The molecular formula is C18H22FNO. The molecule has 0 spiro atoms. The van der Waals surface area contributed by atoms with Crippen molar-refractivity contribution in [2.24, 2.45) is 5.92 Å². The standard InChI is InChI=1S/C18H22FNO/c1-12(2)18(14-8-10-15(19)11-9-14)20-13(3)16-6-4-5-7-17(16)21/h4-13,18,20-21H,1-3H3. The molecule has 21 heavy (non-hydrogen) atoms. The number of aromatic hydroxyl groups is 1. The fourth-order valence-electron chi connectivity index (χ4n) is 2.56. The summed E-state index contributed by atoms with van der Waals surface area (Å²) < 4.78 is 13.1. The fourth-order valence-corrected chi connectivity index (χ4v) is 2.56. The predicted molar refractivity (Wildman–Crippen MR) is 83.6 cm³/mol. The van der Waals surface area contributed by atoms with Crippen LogP contribution in [0.15, 0.2) is 48.5 Å². The maximum Gasteiger partial charge on any atom is 0.123 e. The van der Waals surface area contributed by atoms with Crippen molar-refractivity contribution in [3.8, 4) is 5.75 Å². The molecule has 2 aromatic rings. The Morgan fingerprint density at radius 1 is 0.952 bits per heavy atom. The van der Waals surface area contributed by atoms with Gasteiger partial charge in [-0.15, -0.1) is 0 Å². The molecule has 2 atom stereocenters. The summed E-state index contributed by atoms with van der Waals surface area (Å²) in [7, 11) is 0. The number of benzene rings is 2. The lowest BCUT2D eigenvalue weighted by molar-refractivity contribution is 0.366. The highest BCUT2D eigenvalue weighted by atomic mass is 19.1. The molecule has 2 aromatic carbocycles. The number of phenolic OH excluding ortho intramolecular Hbond substituents is 1. The van der Waals surface area contributed by atoms with Crippen molar-refractivity contribution in [3.63, 3.8) is 0 Å². The van der Waals surface area contributed by atoms with E-state index in [9.17, 15) is 9.50 Å². The van der Waals surface area contributed by atoms with Crippen molar-refractivity contribution in [2.75, 3.05) is 0 Å². The van der Waals surface area contributed by atoms with Gasteiger partial charge in [-0.3, -0.25) is 0 Å². The minimum atomic E-state index is -0.227. The molecule has 3 heteroatoms. The van der Waals surface area contributed by atoms with E-state index in [1.54, 1.807) is 6.07 Å². The molecule has 2 N–H and O–H groups in total. The third-order valence-corrected chi connectivity index (χ3v) is 3.73. The molecule has 0 saturated heterocycles. The lowest BCUT2D eigenvalue weighted by Gasteiger charge is -2.27. The molecule has 0 fully saturated rings. The SMILES string of the molecule is CC(NC(c1ccc(F)cc1)C(C)C)c1ccccc1O. The summed E-state index contributed by atoms with van der Waals surface area (Å²) in [5.74, 6) is 0.415. The number of hydrogen-bond donors (Lipinski definition) is 2. The topological polar surface area (TPSA) is 32.3 Å². The molecule has 2 rings (SSSR count). The Balaban J connectivity index is 2.20. The summed E-state index contributed by atoms with van der Waals surface area (Å²) in [5, 5.41) is 13.5. The van der Waals surface area contributed by atoms with Gasteiger partial charge in [-0.05, 0) is 36.6 Å².